The lowest BCUT2D eigenvalue weighted by Crippen LogP contribution is -2.45. The summed E-state index contributed by atoms with van der Waals surface area (Å²) in [6.45, 7) is 3.37. The van der Waals surface area contributed by atoms with Crippen LogP contribution in [0.5, 0.6) is 0 Å². The molecule has 1 fully saturated rings. The predicted molar refractivity (Wildman–Crippen MR) is 79.7 cm³/mol. The fourth-order valence-electron chi connectivity index (χ4n) is 2.27. The topological polar surface area (TPSA) is 44.4 Å². The molecule has 1 aliphatic rings. The quantitative estimate of drug-likeness (QED) is 0.870. The van der Waals surface area contributed by atoms with Crippen molar-refractivity contribution in [2.75, 3.05) is 26.7 Å². The number of thiophene rings is 1. The average molecular weight is 302 g/mol. The Morgan fingerprint density at radius 2 is 2.21 bits per heavy atom. The molecule has 1 aromatic rings. The van der Waals surface area contributed by atoms with Gasteiger partial charge in [-0.3, -0.25) is 9.69 Å². The third-order valence-corrected chi connectivity index (χ3v) is 4.66. The van der Waals surface area contributed by atoms with Crippen LogP contribution in [0.3, 0.4) is 0 Å². The summed E-state index contributed by atoms with van der Waals surface area (Å²) in [6, 6.07) is 4.55. The lowest BCUT2D eigenvalue weighted by Gasteiger charge is -2.31. The van der Waals surface area contributed by atoms with Gasteiger partial charge >= 0.3 is 0 Å². The number of likely N-dealkylation sites (tertiary alicyclic amines) is 1. The first-order valence-electron chi connectivity index (χ1n) is 6.58. The fraction of sp³-hybridized carbons (Fsp3) is 0.615. The number of likely N-dealkylation sites (N-methyl/N-ethyl adjacent to an activating group) is 1. The molecule has 6 heteroatoms. The van der Waals surface area contributed by atoms with Crippen molar-refractivity contribution in [2.24, 2.45) is 0 Å². The van der Waals surface area contributed by atoms with E-state index in [0.717, 1.165) is 36.8 Å². The molecule has 1 aromatic heterocycles. The van der Waals surface area contributed by atoms with Gasteiger partial charge in [-0.2, -0.15) is 0 Å². The molecule has 0 unspecified atom stereocenters. The van der Waals surface area contributed by atoms with Crippen molar-refractivity contribution in [3.8, 4) is 0 Å². The molecule has 2 rings (SSSR count). The maximum absolute atomic E-state index is 11.3. The first-order valence-corrected chi connectivity index (χ1v) is 7.77. The number of carbonyl (C=O) groups is 1. The molecule has 0 aromatic carbocycles. The maximum atomic E-state index is 11.3. The number of nitrogens with one attached hydrogen (secondary N) is 2. The van der Waals surface area contributed by atoms with Gasteiger partial charge in [0.2, 0.25) is 5.91 Å². The Labute approximate surface area is 123 Å². The molecule has 106 valence electrons. The highest BCUT2D eigenvalue weighted by Crippen LogP contribution is 2.21. The minimum Gasteiger partial charge on any atom is -0.358 e. The SMILES string of the molecule is CNC(=O)CN1CCC(NCc2ccc(Cl)s2)CC1. The molecule has 1 aliphatic heterocycles. The molecule has 19 heavy (non-hydrogen) atoms. The number of nitrogens with zero attached hydrogens (tertiary/aromatic N) is 1. The summed E-state index contributed by atoms with van der Waals surface area (Å²) < 4.78 is 0.845. The van der Waals surface area contributed by atoms with Gasteiger partial charge in [0.05, 0.1) is 10.9 Å². The summed E-state index contributed by atoms with van der Waals surface area (Å²) in [5.74, 6) is 0.0969. The van der Waals surface area contributed by atoms with E-state index in [1.165, 1.54) is 4.88 Å². The largest absolute Gasteiger partial charge is 0.358 e. The summed E-state index contributed by atoms with van der Waals surface area (Å²) in [5, 5.41) is 6.23. The number of amides is 1. The lowest BCUT2D eigenvalue weighted by atomic mass is 10.1. The Hall–Kier alpha value is -0.620. The van der Waals surface area contributed by atoms with Gasteiger partial charge in [0, 0.05) is 37.6 Å². The minimum absolute atomic E-state index is 0.0969. The van der Waals surface area contributed by atoms with Gasteiger partial charge in [-0.25, -0.2) is 0 Å². The summed E-state index contributed by atoms with van der Waals surface area (Å²) in [4.78, 5) is 14.8. The zero-order valence-electron chi connectivity index (χ0n) is 11.1. The minimum atomic E-state index is 0.0969. The number of piperidine rings is 1. The van der Waals surface area contributed by atoms with E-state index in [4.69, 9.17) is 11.6 Å². The smallest absolute Gasteiger partial charge is 0.233 e. The van der Waals surface area contributed by atoms with Crippen LogP contribution in [0.1, 0.15) is 17.7 Å². The molecule has 0 atom stereocenters. The van der Waals surface area contributed by atoms with Crippen LogP contribution in [-0.4, -0.2) is 43.5 Å². The van der Waals surface area contributed by atoms with E-state index in [9.17, 15) is 4.79 Å². The van der Waals surface area contributed by atoms with Gasteiger partial charge in [-0.05, 0) is 25.0 Å². The first-order chi connectivity index (χ1) is 9.17. The third-order valence-electron chi connectivity index (χ3n) is 3.43. The van der Waals surface area contributed by atoms with E-state index in [0.29, 0.717) is 12.6 Å². The van der Waals surface area contributed by atoms with Crippen LogP contribution in [0, 0.1) is 0 Å². The van der Waals surface area contributed by atoms with E-state index >= 15 is 0 Å². The summed E-state index contributed by atoms with van der Waals surface area (Å²) in [5.41, 5.74) is 0. The average Bonchev–Trinajstić information content (AvgIpc) is 2.83. The molecule has 0 bridgehead atoms. The van der Waals surface area contributed by atoms with Gasteiger partial charge < -0.3 is 10.6 Å². The first kappa shape index (κ1) is 14.8. The Kier molecular flexibility index (Phi) is 5.63. The van der Waals surface area contributed by atoms with Crippen molar-refractivity contribution >= 4 is 28.8 Å². The normalized spacial score (nSPS) is 17.6. The molecule has 2 N–H and O–H groups in total. The van der Waals surface area contributed by atoms with E-state index in [2.05, 4.69) is 21.6 Å². The molecular weight excluding hydrogens is 282 g/mol. The van der Waals surface area contributed by atoms with Crippen molar-refractivity contribution in [3.05, 3.63) is 21.3 Å². The summed E-state index contributed by atoms with van der Waals surface area (Å²) >= 11 is 7.54. The zero-order chi connectivity index (χ0) is 13.7. The van der Waals surface area contributed by atoms with Crippen molar-refractivity contribution in [2.45, 2.75) is 25.4 Å². The Morgan fingerprint density at radius 3 is 2.79 bits per heavy atom. The molecule has 0 aliphatic carbocycles. The number of carbonyl (C=O) groups excluding carboxylic acids is 1. The Morgan fingerprint density at radius 1 is 1.47 bits per heavy atom. The molecule has 1 amide bonds. The van der Waals surface area contributed by atoms with Gasteiger partial charge in [0.15, 0.2) is 0 Å². The fourth-order valence-corrected chi connectivity index (χ4v) is 3.31. The van der Waals surface area contributed by atoms with Crippen LogP contribution in [0.4, 0.5) is 0 Å². The van der Waals surface area contributed by atoms with Crippen molar-refractivity contribution < 1.29 is 4.79 Å². The van der Waals surface area contributed by atoms with Crippen LogP contribution in [0.2, 0.25) is 4.34 Å². The molecule has 2 heterocycles. The molecule has 0 saturated carbocycles. The highest BCUT2D eigenvalue weighted by Gasteiger charge is 2.20. The van der Waals surface area contributed by atoms with Crippen molar-refractivity contribution in [1.82, 2.24) is 15.5 Å². The van der Waals surface area contributed by atoms with E-state index in [-0.39, 0.29) is 5.91 Å². The molecule has 0 radical (unpaired) electrons. The van der Waals surface area contributed by atoms with Crippen LogP contribution in [-0.2, 0) is 11.3 Å². The Balaban J connectivity index is 1.67. The van der Waals surface area contributed by atoms with E-state index in [1.807, 2.05) is 6.07 Å². The second kappa shape index (κ2) is 7.24. The van der Waals surface area contributed by atoms with Crippen LogP contribution >= 0.6 is 22.9 Å². The maximum Gasteiger partial charge on any atom is 0.233 e. The monoisotopic (exact) mass is 301 g/mol. The highest BCUT2D eigenvalue weighted by atomic mass is 35.5. The number of hydrogen-bond donors (Lipinski definition) is 2. The zero-order valence-corrected chi connectivity index (χ0v) is 12.7. The van der Waals surface area contributed by atoms with Crippen LogP contribution < -0.4 is 10.6 Å². The van der Waals surface area contributed by atoms with Crippen LogP contribution in [0.25, 0.3) is 0 Å². The van der Waals surface area contributed by atoms with E-state index < -0.39 is 0 Å². The molecular formula is C13H20ClN3OS. The molecule has 4 nitrogen and oxygen atoms in total. The number of rotatable bonds is 5. The Bertz CT molecular complexity index is 416. The van der Waals surface area contributed by atoms with Crippen molar-refractivity contribution in [3.63, 3.8) is 0 Å². The summed E-state index contributed by atoms with van der Waals surface area (Å²) in [6.07, 6.45) is 2.19. The van der Waals surface area contributed by atoms with E-state index in [1.54, 1.807) is 18.4 Å². The highest BCUT2D eigenvalue weighted by molar-refractivity contribution is 7.16. The standard InChI is InChI=1S/C13H20ClN3OS/c1-15-13(18)9-17-6-4-10(5-7-17)16-8-11-2-3-12(14)19-11/h2-3,10,16H,4-9H2,1H3,(H,15,18). The summed E-state index contributed by atoms with van der Waals surface area (Å²) in [7, 11) is 1.68. The second-order valence-corrected chi connectivity index (χ2v) is 6.61. The molecule has 0 spiro atoms. The number of halogens is 1. The molecule has 1 saturated heterocycles. The predicted octanol–water partition coefficient (Wildman–Crippen LogP) is 1.70. The number of hydrogen-bond acceptors (Lipinski definition) is 4. The van der Waals surface area contributed by atoms with Crippen LogP contribution in [0.15, 0.2) is 12.1 Å². The second-order valence-electron chi connectivity index (χ2n) is 4.81. The van der Waals surface area contributed by atoms with Crippen molar-refractivity contribution in [1.29, 1.82) is 0 Å². The van der Waals surface area contributed by atoms with Gasteiger partial charge in [0.1, 0.15) is 0 Å². The van der Waals surface area contributed by atoms with Gasteiger partial charge in [-0.15, -0.1) is 11.3 Å². The third kappa shape index (κ3) is 4.76. The lowest BCUT2D eigenvalue weighted by molar-refractivity contribution is -0.122. The van der Waals surface area contributed by atoms with Gasteiger partial charge in [0.25, 0.3) is 0 Å². The van der Waals surface area contributed by atoms with Gasteiger partial charge in [-0.1, -0.05) is 11.6 Å².